The molecule has 1 fully saturated rings. The summed E-state index contributed by atoms with van der Waals surface area (Å²) in [4.78, 5) is 35.3. The Morgan fingerprint density at radius 2 is 1.80 bits per heavy atom. The van der Waals surface area contributed by atoms with Crippen molar-refractivity contribution in [3.63, 3.8) is 0 Å². The Kier molecular flexibility index (Phi) is 7.28. The molecule has 0 unspecified atom stereocenters. The zero-order chi connectivity index (χ0) is 31.3. The van der Waals surface area contributed by atoms with E-state index in [-0.39, 0.29) is 22.0 Å². The molecule has 44 heavy (non-hydrogen) atoms. The van der Waals surface area contributed by atoms with Crippen LogP contribution in [0.25, 0.3) is 27.7 Å². The standard InChI is InChI=1S/C33H34FN7O3/c1-33(2,3)21-14-20-17-36-41(32(44)30(20)25(34)15-21)27-9-6-8-23(24(27)19-42)26-16-28(31(43)39(5)37-26)38(4)29-11-10-22(18-35-29)40-12-7-13-40/h6,8-11,14-18,42H,7,12-13,19H2,1-5H3. The molecule has 5 aromatic rings. The van der Waals surface area contributed by atoms with E-state index >= 15 is 4.39 Å². The van der Waals surface area contributed by atoms with E-state index in [2.05, 4.69) is 20.1 Å². The maximum Gasteiger partial charge on any atom is 0.290 e. The van der Waals surface area contributed by atoms with Crippen molar-refractivity contribution in [2.75, 3.05) is 29.9 Å². The van der Waals surface area contributed by atoms with Crippen molar-refractivity contribution in [1.82, 2.24) is 24.5 Å². The van der Waals surface area contributed by atoms with Crippen LogP contribution in [-0.2, 0) is 19.1 Å². The first-order valence-electron chi connectivity index (χ1n) is 14.5. The summed E-state index contributed by atoms with van der Waals surface area (Å²) in [6.07, 6.45) is 4.42. The number of anilines is 3. The van der Waals surface area contributed by atoms with Crippen LogP contribution in [0.2, 0.25) is 0 Å². The zero-order valence-electron chi connectivity index (χ0n) is 25.4. The predicted octanol–water partition coefficient (Wildman–Crippen LogP) is 4.45. The fourth-order valence-corrected chi connectivity index (χ4v) is 5.44. The van der Waals surface area contributed by atoms with Crippen molar-refractivity contribution in [2.24, 2.45) is 7.05 Å². The number of aliphatic hydroxyl groups is 1. The summed E-state index contributed by atoms with van der Waals surface area (Å²) in [7, 11) is 3.31. The van der Waals surface area contributed by atoms with Crippen LogP contribution in [-0.4, -0.2) is 49.8 Å². The Labute approximate surface area is 253 Å². The van der Waals surface area contributed by atoms with Crippen LogP contribution in [0.4, 0.5) is 21.6 Å². The molecule has 0 saturated carbocycles. The lowest BCUT2D eigenvalue weighted by Gasteiger charge is -2.33. The minimum atomic E-state index is -0.645. The minimum absolute atomic E-state index is 0.0842. The maximum atomic E-state index is 15.3. The average Bonchev–Trinajstić information content (AvgIpc) is 2.96. The lowest BCUT2D eigenvalue weighted by atomic mass is 9.86. The first kappa shape index (κ1) is 29.2. The number of pyridine rings is 1. The molecule has 1 N–H and O–H groups in total. The molecule has 6 rings (SSSR count). The number of fused-ring (bicyclic) bond motifs is 1. The molecule has 11 heteroatoms. The van der Waals surface area contributed by atoms with Gasteiger partial charge in [-0.1, -0.05) is 32.9 Å². The first-order chi connectivity index (χ1) is 21.0. The third-order valence-corrected chi connectivity index (χ3v) is 8.22. The third-order valence-electron chi connectivity index (χ3n) is 8.22. The van der Waals surface area contributed by atoms with Crippen molar-refractivity contribution in [3.05, 3.63) is 98.6 Å². The molecule has 4 heterocycles. The normalized spacial score (nSPS) is 13.3. The van der Waals surface area contributed by atoms with Crippen LogP contribution in [0.5, 0.6) is 0 Å². The van der Waals surface area contributed by atoms with Gasteiger partial charge in [-0.2, -0.15) is 14.9 Å². The fraction of sp³-hybridized carbons (Fsp3) is 0.303. The van der Waals surface area contributed by atoms with Gasteiger partial charge >= 0.3 is 0 Å². The summed E-state index contributed by atoms with van der Waals surface area (Å²) < 4.78 is 17.7. The summed E-state index contributed by atoms with van der Waals surface area (Å²) in [5, 5.41) is 19.7. The highest BCUT2D eigenvalue weighted by atomic mass is 19.1. The smallest absolute Gasteiger partial charge is 0.290 e. The summed E-state index contributed by atoms with van der Waals surface area (Å²) in [6, 6.07) is 13.7. The molecule has 0 bridgehead atoms. The molecule has 1 saturated heterocycles. The molecule has 3 aromatic heterocycles. The number of aryl methyl sites for hydroxylation is 1. The number of aliphatic hydroxyl groups excluding tert-OH is 1. The second-order valence-corrected chi connectivity index (χ2v) is 12.1. The van der Waals surface area contributed by atoms with Crippen molar-refractivity contribution in [2.45, 2.75) is 39.2 Å². The van der Waals surface area contributed by atoms with E-state index in [0.717, 1.165) is 35.4 Å². The van der Waals surface area contributed by atoms with Gasteiger partial charge < -0.3 is 14.9 Å². The molecule has 2 aromatic carbocycles. The van der Waals surface area contributed by atoms with Gasteiger partial charge in [-0.25, -0.2) is 14.1 Å². The van der Waals surface area contributed by atoms with Crippen LogP contribution in [0, 0.1) is 5.82 Å². The molecule has 1 aliphatic rings. The van der Waals surface area contributed by atoms with Gasteiger partial charge in [0.1, 0.15) is 17.3 Å². The summed E-state index contributed by atoms with van der Waals surface area (Å²) >= 11 is 0. The lowest BCUT2D eigenvalue weighted by molar-refractivity contribution is 0.281. The number of hydrogen-bond donors (Lipinski definition) is 1. The van der Waals surface area contributed by atoms with E-state index < -0.39 is 18.0 Å². The second-order valence-electron chi connectivity index (χ2n) is 12.1. The van der Waals surface area contributed by atoms with Crippen LogP contribution >= 0.6 is 0 Å². The first-order valence-corrected chi connectivity index (χ1v) is 14.5. The molecule has 0 atom stereocenters. The average molecular weight is 596 g/mol. The second kappa shape index (κ2) is 11.0. The van der Waals surface area contributed by atoms with Crippen LogP contribution in [0.15, 0.2) is 70.5 Å². The van der Waals surface area contributed by atoms with Crippen molar-refractivity contribution in [3.8, 4) is 16.9 Å². The van der Waals surface area contributed by atoms with Gasteiger partial charge in [0, 0.05) is 43.7 Å². The van der Waals surface area contributed by atoms with E-state index in [1.807, 2.05) is 32.9 Å². The van der Waals surface area contributed by atoms with Gasteiger partial charge in [-0.3, -0.25) is 9.59 Å². The number of rotatable bonds is 6. The quantitative estimate of drug-likeness (QED) is 0.307. The summed E-state index contributed by atoms with van der Waals surface area (Å²) in [6.45, 7) is 7.46. The van der Waals surface area contributed by atoms with Crippen LogP contribution in [0.1, 0.15) is 38.3 Å². The Balaban J connectivity index is 1.44. The molecule has 0 spiro atoms. The highest BCUT2D eigenvalue weighted by Crippen LogP contribution is 2.31. The Morgan fingerprint density at radius 1 is 1.02 bits per heavy atom. The zero-order valence-corrected chi connectivity index (χ0v) is 25.4. The minimum Gasteiger partial charge on any atom is -0.392 e. The number of aromatic nitrogens is 5. The lowest BCUT2D eigenvalue weighted by Crippen LogP contribution is -2.37. The topological polar surface area (TPSA) is 109 Å². The van der Waals surface area contributed by atoms with Crippen molar-refractivity contribution in [1.29, 1.82) is 0 Å². The number of hydrogen-bond acceptors (Lipinski definition) is 8. The number of nitrogens with zero attached hydrogens (tertiary/aromatic N) is 7. The molecular formula is C33H34FN7O3. The van der Waals surface area contributed by atoms with Gasteiger partial charge in [0.2, 0.25) is 0 Å². The molecule has 1 aliphatic heterocycles. The van der Waals surface area contributed by atoms with Crippen LogP contribution in [0.3, 0.4) is 0 Å². The van der Waals surface area contributed by atoms with Crippen LogP contribution < -0.4 is 20.9 Å². The predicted molar refractivity (Wildman–Crippen MR) is 170 cm³/mol. The van der Waals surface area contributed by atoms with E-state index in [4.69, 9.17) is 0 Å². The van der Waals surface area contributed by atoms with Gasteiger partial charge in [0.05, 0.1) is 41.5 Å². The molecule has 0 amide bonds. The van der Waals surface area contributed by atoms with Crippen molar-refractivity contribution < 1.29 is 9.50 Å². The van der Waals surface area contributed by atoms with Gasteiger partial charge in [0.25, 0.3) is 11.1 Å². The van der Waals surface area contributed by atoms with E-state index in [1.165, 1.54) is 16.9 Å². The van der Waals surface area contributed by atoms with E-state index in [1.54, 1.807) is 55.5 Å². The Bertz CT molecular complexity index is 2010. The van der Waals surface area contributed by atoms with E-state index in [9.17, 15) is 14.7 Å². The monoisotopic (exact) mass is 595 g/mol. The highest BCUT2D eigenvalue weighted by Gasteiger charge is 2.22. The molecule has 0 radical (unpaired) electrons. The largest absolute Gasteiger partial charge is 0.392 e. The fourth-order valence-electron chi connectivity index (χ4n) is 5.44. The number of benzene rings is 2. The van der Waals surface area contributed by atoms with Gasteiger partial charge in [0.15, 0.2) is 0 Å². The number of halogens is 1. The highest BCUT2D eigenvalue weighted by molar-refractivity contribution is 5.83. The van der Waals surface area contributed by atoms with E-state index in [0.29, 0.717) is 33.7 Å². The summed E-state index contributed by atoms with van der Waals surface area (Å²) in [5.41, 5.74) is 2.35. The van der Waals surface area contributed by atoms with Gasteiger partial charge in [-0.15, -0.1) is 0 Å². The molecule has 10 nitrogen and oxygen atoms in total. The molecular weight excluding hydrogens is 561 g/mol. The molecule has 0 aliphatic carbocycles. The molecule has 226 valence electrons. The third kappa shape index (κ3) is 5.02. The maximum absolute atomic E-state index is 15.3. The Hall–Kier alpha value is -4.90. The SMILES string of the molecule is CN(c1ccc(N2CCC2)cn1)c1cc(-c2cccc(-n3ncc4cc(C(C)(C)C)cc(F)c4c3=O)c2CO)nn(C)c1=O. The van der Waals surface area contributed by atoms with Gasteiger partial charge in [-0.05, 0) is 53.8 Å². The summed E-state index contributed by atoms with van der Waals surface area (Å²) in [5.74, 6) is -0.0441. The Morgan fingerprint density at radius 3 is 2.43 bits per heavy atom. The van der Waals surface area contributed by atoms with Crippen molar-refractivity contribution >= 4 is 28.0 Å².